The zero-order chi connectivity index (χ0) is 40.5. The van der Waals surface area contributed by atoms with Gasteiger partial charge in [0, 0.05) is 21.5 Å². The number of rotatable bonds is 2. The van der Waals surface area contributed by atoms with Gasteiger partial charge in [-0.15, -0.1) is 0 Å². The van der Waals surface area contributed by atoms with E-state index in [9.17, 15) is 0 Å². The summed E-state index contributed by atoms with van der Waals surface area (Å²) in [6.45, 7) is 0. The van der Waals surface area contributed by atoms with Gasteiger partial charge in [0.05, 0.1) is 0 Å². The highest BCUT2D eigenvalue weighted by Gasteiger charge is 2.28. The molecule has 2 heterocycles. The maximum atomic E-state index is 6.34. The Bertz CT molecular complexity index is 3780. The van der Waals surface area contributed by atoms with Crippen LogP contribution in [0.25, 0.3) is 143 Å². The molecule has 14 rings (SSSR count). The lowest BCUT2D eigenvalue weighted by molar-refractivity contribution is 0.668. The first-order valence-electron chi connectivity index (χ1n) is 21.3. The molecular weight excluding hydrogens is 753 g/mol. The van der Waals surface area contributed by atoms with E-state index in [1.54, 1.807) is 0 Å². The summed E-state index contributed by atoms with van der Waals surface area (Å²) in [6, 6.07) is 75.6. The average Bonchev–Trinajstić information content (AvgIpc) is 3.90. The van der Waals surface area contributed by atoms with Crippen molar-refractivity contribution >= 4 is 76.2 Å². The molecule has 0 atom stereocenters. The fourth-order valence-electron chi connectivity index (χ4n) is 10.7. The fourth-order valence-corrected chi connectivity index (χ4v) is 10.7. The van der Waals surface area contributed by atoms with Crippen molar-refractivity contribution in [2.45, 2.75) is 0 Å². The average molecular weight is 787 g/mol. The first-order chi connectivity index (χ1) is 30.7. The summed E-state index contributed by atoms with van der Waals surface area (Å²) < 4.78 is 12.7. The highest BCUT2D eigenvalue weighted by Crippen LogP contribution is 2.54. The van der Waals surface area contributed by atoms with E-state index >= 15 is 0 Å². The Kier molecular flexibility index (Phi) is 6.86. The van der Waals surface area contributed by atoms with Gasteiger partial charge in [-0.1, -0.05) is 158 Å². The molecule has 2 aromatic heterocycles. The molecule has 0 fully saturated rings. The van der Waals surface area contributed by atoms with Crippen LogP contribution in [0.2, 0.25) is 0 Å². The van der Waals surface area contributed by atoms with E-state index in [1.165, 1.54) is 88.0 Å². The topological polar surface area (TPSA) is 26.3 Å². The molecule has 62 heavy (non-hydrogen) atoms. The lowest BCUT2D eigenvalue weighted by atomic mass is 9.75. The lowest BCUT2D eigenvalue weighted by Crippen LogP contribution is -2.01. The second-order valence-electron chi connectivity index (χ2n) is 16.7. The Morgan fingerprint density at radius 3 is 0.984 bits per heavy atom. The molecule has 0 saturated heterocycles. The van der Waals surface area contributed by atoms with Gasteiger partial charge in [0.1, 0.15) is 22.3 Å². The molecule has 0 amide bonds. The largest absolute Gasteiger partial charge is 0.456 e. The smallest absolute Gasteiger partial charge is 0.135 e. The highest BCUT2D eigenvalue weighted by atomic mass is 16.3. The Hall–Kier alpha value is -8.20. The van der Waals surface area contributed by atoms with Crippen molar-refractivity contribution in [1.82, 2.24) is 0 Å². The Morgan fingerprint density at radius 1 is 0.194 bits per heavy atom. The summed E-state index contributed by atoms with van der Waals surface area (Å²) >= 11 is 0. The maximum absolute atomic E-state index is 6.34. The number of furan rings is 2. The van der Waals surface area contributed by atoms with Crippen LogP contribution in [0.4, 0.5) is 0 Å². The van der Waals surface area contributed by atoms with Crippen LogP contribution in [-0.4, -0.2) is 0 Å². The summed E-state index contributed by atoms with van der Waals surface area (Å²) in [5.41, 5.74) is 18.0. The lowest BCUT2D eigenvalue weighted by Gasteiger charge is -2.27. The fraction of sp³-hybridized carbons (Fsp3) is 0. The van der Waals surface area contributed by atoms with Gasteiger partial charge < -0.3 is 8.83 Å². The van der Waals surface area contributed by atoms with Crippen LogP contribution < -0.4 is 0 Å². The van der Waals surface area contributed by atoms with Gasteiger partial charge in [-0.05, 0) is 148 Å². The maximum Gasteiger partial charge on any atom is 0.135 e. The number of fused-ring (bicyclic) bond motifs is 20. The molecule has 13 aromatic rings. The van der Waals surface area contributed by atoms with E-state index in [0.717, 1.165) is 55.0 Å². The normalized spacial score (nSPS) is 12.2. The van der Waals surface area contributed by atoms with Gasteiger partial charge >= 0.3 is 0 Å². The molecule has 0 radical (unpaired) electrons. The van der Waals surface area contributed by atoms with Gasteiger partial charge in [0.25, 0.3) is 0 Å². The zero-order valence-electron chi connectivity index (χ0n) is 33.4. The van der Waals surface area contributed by atoms with Crippen molar-refractivity contribution in [3.63, 3.8) is 0 Å². The third kappa shape index (κ3) is 4.69. The number of para-hydroxylation sites is 2. The zero-order valence-corrected chi connectivity index (χ0v) is 33.4. The minimum absolute atomic E-state index is 0.894. The summed E-state index contributed by atoms with van der Waals surface area (Å²) in [4.78, 5) is 0. The van der Waals surface area contributed by atoms with Crippen LogP contribution in [0.1, 0.15) is 0 Å². The third-order valence-electron chi connectivity index (χ3n) is 13.4. The van der Waals surface area contributed by atoms with Crippen LogP contribution in [0.3, 0.4) is 0 Å². The van der Waals surface area contributed by atoms with Crippen molar-refractivity contribution in [3.05, 3.63) is 206 Å². The van der Waals surface area contributed by atoms with Crippen molar-refractivity contribution in [1.29, 1.82) is 0 Å². The predicted molar refractivity (Wildman–Crippen MR) is 260 cm³/mol. The first kappa shape index (κ1) is 33.6. The molecule has 1 aliphatic carbocycles. The summed E-state index contributed by atoms with van der Waals surface area (Å²) in [6.07, 6.45) is 0. The van der Waals surface area contributed by atoms with Crippen molar-refractivity contribution in [2.24, 2.45) is 0 Å². The molecule has 11 aromatic carbocycles. The molecule has 0 bridgehead atoms. The van der Waals surface area contributed by atoms with E-state index in [4.69, 9.17) is 8.83 Å². The molecular formula is C60H34O2. The van der Waals surface area contributed by atoms with Gasteiger partial charge in [-0.25, -0.2) is 0 Å². The second-order valence-corrected chi connectivity index (χ2v) is 16.7. The van der Waals surface area contributed by atoms with Crippen LogP contribution in [0, 0.1) is 0 Å². The van der Waals surface area contributed by atoms with Crippen molar-refractivity contribution < 1.29 is 8.83 Å². The van der Waals surface area contributed by atoms with Crippen molar-refractivity contribution in [3.8, 4) is 66.8 Å². The predicted octanol–water partition coefficient (Wildman–Crippen LogP) is 17.3. The molecule has 0 saturated carbocycles. The summed E-state index contributed by atoms with van der Waals surface area (Å²) in [5, 5.41) is 12.1. The SMILES string of the molecule is c1ccc2c(c1)-c1c(-c3ccc4oc5ccccc5c4c3)cccc1-c1cc3c4ccccc4c4ccccc4c3cc1-c1cccc(-c3ccc4oc5ccccc5c4c3)c1-2. The van der Waals surface area contributed by atoms with Crippen LogP contribution in [-0.2, 0) is 0 Å². The van der Waals surface area contributed by atoms with E-state index in [1.807, 2.05) is 12.1 Å². The molecule has 2 heteroatoms. The van der Waals surface area contributed by atoms with E-state index < -0.39 is 0 Å². The Morgan fingerprint density at radius 2 is 0.532 bits per heavy atom. The van der Waals surface area contributed by atoms with Crippen molar-refractivity contribution in [2.75, 3.05) is 0 Å². The monoisotopic (exact) mass is 786 g/mol. The molecule has 286 valence electrons. The van der Waals surface area contributed by atoms with Gasteiger partial charge in [-0.3, -0.25) is 0 Å². The van der Waals surface area contributed by atoms with E-state index in [-0.39, 0.29) is 0 Å². The standard InChI is InChI=1S/C60H34O2/c1-3-15-41-39(13-1)40-14-2-4-16-42(40)50-34-52-48-24-12-22-38(36-28-30-58-54(32-36)44-18-8-10-26-56(44)62-58)60(48)46-20-6-5-19-45(46)59-37(21-11-23-47(59)51(52)33-49(41)50)35-27-29-57-53(31-35)43-17-7-9-25-55(43)61-57/h1-34H. The van der Waals surface area contributed by atoms with Crippen LogP contribution >= 0.6 is 0 Å². The molecule has 0 unspecified atom stereocenters. The quantitative estimate of drug-likeness (QED) is 0.163. The molecule has 0 aliphatic heterocycles. The minimum atomic E-state index is 0.894. The summed E-state index contributed by atoms with van der Waals surface area (Å²) in [7, 11) is 0. The highest BCUT2D eigenvalue weighted by molar-refractivity contribution is 6.27. The Balaban J connectivity index is 1.14. The third-order valence-corrected chi connectivity index (χ3v) is 13.4. The number of hydrogen-bond acceptors (Lipinski definition) is 2. The first-order valence-corrected chi connectivity index (χ1v) is 21.3. The Labute approximate surface area is 356 Å². The van der Waals surface area contributed by atoms with Gasteiger partial charge in [-0.2, -0.15) is 0 Å². The van der Waals surface area contributed by atoms with Crippen LogP contribution in [0.5, 0.6) is 0 Å². The molecule has 1 aliphatic rings. The van der Waals surface area contributed by atoms with Gasteiger partial charge in [0.15, 0.2) is 0 Å². The van der Waals surface area contributed by atoms with Gasteiger partial charge in [0.2, 0.25) is 0 Å². The minimum Gasteiger partial charge on any atom is -0.456 e. The van der Waals surface area contributed by atoms with E-state index in [2.05, 4.69) is 194 Å². The molecule has 0 N–H and O–H groups in total. The molecule has 2 nitrogen and oxygen atoms in total. The van der Waals surface area contributed by atoms with E-state index in [0.29, 0.717) is 0 Å². The van der Waals surface area contributed by atoms with Crippen LogP contribution in [0.15, 0.2) is 215 Å². The summed E-state index contributed by atoms with van der Waals surface area (Å²) in [5.74, 6) is 0. The second kappa shape index (κ2) is 12.7. The number of benzene rings is 11. The number of hydrogen-bond donors (Lipinski definition) is 0. The molecule has 0 spiro atoms.